The summed E-state index contributed by atoms with van der Waals surface area (Å²) in [5.41, 5.74) is 3.75. The molecule has 0 spiro atoms. The van der Waals surface area contributed by atoms with E-state index in [4.69, 9.17) is 25.8 Å². The topological polar surface area (TPSA) is 57.1 Å². The van der Waals surface area contributed by atoms with Crippen LogP contribution in [0.2, 0.25) is 5.02 Å². The average molecular weight is 484 g/mol. The molecule has 0 fully saturated rings. The summed E-state index contributed by atoms with van der Waals surface area (Å²) < 4.78 is 16.9. The van der Waals surface area contributed by atoms with Crippen LogP contribution in [0.15, 0.2) is 89.6 Å². The molecule has 1 aliphatic rings. The van der Waals surface area contributed by atoms with Crippen LogP contribution in [0.3, 0.4) is 0 Å². The van der Waals surface area contributed by atoms with E-state index >= 15 is 0 Å². The molecule has 6 heteroatoms. The van der Waals surface area contributed by atoms with Crippen LogP contribution < -0.4 is 9.47 Å². The van der Waals surface area contributed by atoms with Crippen LogP contribution in [0, 0.1) is 6.92 Å². The zero-order valence-electron chi connectivity index (χ0n) is 19.2. The Morgan fingerprint density at radius 1 is 0.971 bits per heavy atom. The third-order valence-electron chi connectivity index (χ3n) is 5.68. The van der Waals surface area contributed by atoms with Gasteiger partial charge in [0.05, 0.1) is 12.1 Å². The van der Waals surface area contributed by atoms with E-state index in [0.717, 1.165) is 21.9 Å². The lowest BCUT2D eigenvalue weighted by molar-refractivity contribution is -0.129. The summed E-state index contributed by atoms with van der Waals surface area (Å²) in [7, 11) is 1.54. The minimum atomic E-state index is -0.525. The van der Waals surface area contributed by atoms with Crippen LogP contribution in [0.5, 0.6) is 11.5 Å². The van der Waals surface area contributed by atoms with Gasteiger partial charge in [-0.05, 0) is 59.2 Å². The Bertz CT molecular complexity index is 1490. The Balaban J connectivity index is 1.40. The highest BCUT2D eigenvalue weighted by atomic mass is 35.5. The second-order valence-corrected chi connectivity index (χ2v) is 8.61. The van der Waals surface area contributed by atoms with E-state index in [-0.39, 0.29) is 11.6 Å². The zero-order chi connectivity index (χ0) is 24.4. The van der Waals surface area contributed by atoms with E-state index < -0.39 is 5.97 Å². The molecule has 4 aromatic rings. The quantitative estimate of drug-likeness (QED) is 0.225. The van der Waals surface area contributed by atoms with Crippen LogP contribution in [0.4, 0.5) is 0 Å². The molecule has 0 aliphatic carbocycles. The second-order valence-electron chi connectivity index (χ2n) is 8.21. The third-order valence-corrected chi connectivity index (χ3v) is 5.96. The van der Waals surface area contributed by atoms with Gasteiger partial charge in [0, 0.05) is 5.56 Å². The lowest BCUT2D eigenvalue weighted by Crippen LogP contribution is -2.05. The molecule has 35 heavy (non-hydrogen) atoms. The van der Waals surface area contributed by atoms with Crippen LogP contribution in [-0.2, 0) is 16.1 Å². The van der Waals surface area contributed by atoms with Gasteiger partial charge < -0.3 is 14.2 Å². The fourth-order valence-electron chi connectivity index (χ4n) is 3.82. The van der Waals surface area contributed by atoms with Crippen molar-refractivity contribution in [2.45, 2.75) is 13.5 Å². The number of nitrogens with zero attached hydrogens (tertiary/aromatic N) is 1. The molecule has 174 valence electrons. The highest BCUT2D eigenvalue weighted by Crippen LogP contribution is 2.38. The van der Waals surface area contributed by atoms with Gasteiger partial charge in [-0.15, -0.1) is 0 Å². The van der Waals surface area contributed by atoms with Crippen LogP contribution in [0.1, 0.15) is 22.3 Å². The number of hydrogen-bond acceptors (Lipinski definition) is 5. The SMILES string of the molecule is COc1cc(/C=C2\N=C(c3ccc4ccccc4c3)OC2=O)cc(Cl)c1OCc1ccc(C)cc1. The fraction of sp³-hybridized carbons (Fsp3) is 0.103. The summed E-state index contributed by atoms with van der Waals surface area (Å²) in [4.78, 5) is 16.9. The van der Waals surface area contributed by atoms with E-state index in [1.165, 1.54) is 5.56 Å². The molecule has 5 rings (SSSR count). The lowest BCUT2D eigenvalue weighted by Gasteiger charge is -2.13. The van der Waals surface area contributed by atoms with Gasteiger partial charge in [-0.1, -0.05) is 71.8 Å². The first-order chi connectivity index (χ1) is 17.0. The van der Waals surface area contributed by atoms with Gasteiger partial charge in [0.2, 0.25) is 5.90 Å². The zero-order valence-corrected chi connectivity index (χ0v) is 20.0. The summed E-state index contributed by atoms with van der Waals surface area (Å²) in [6.45, 7) is 2.38. The number of cyclic esters (lactones) is 1. The van der Waals surface area contributed by atoms with Crippen molar-refractivity contribution in [2.24, 2.45) is 4.99 Å². The molecule has 1 heterocycles. The van der Waals surface area contributed by atoms with Gasteiger partial charge in [0.1, 0.15) is 6.61 Å². The maximum absolute atomic E-state index is 12.5. The Kier molecular flexibility index (Phi) is 6.25. The summed E-state index contributed by atoms with van der Waals surface area (Å²) >= 11 is 6.52. The second kappa shape index (κ2) is 9.65. The number of fused-ring (bicyclic) bond motifs is 1. The van der Waals surface area contributed by atoms with Crippen molar-refractivity contribution in [3.8, 4) is 11.5 Å². The lowest BCUT2D eigenvalue weighted by atomic mass is 10.1. The van der Waals surface area contributed by atoms with E-state index in [1.54, 1.807) is 25.3 Å². The number of benzene rings is 4. The first kappa shape index (κ1) is 22.7. The minimum Gasteiger partial charge on any atom is -0.493 e. The largest absolute Gasteiger partial charge is 0.493 e. The molecule has 4 aromatic carbocycles. The number of rotatable bonds is 6. The number of aryl methyl sites for hydroxylation is 1. The number of carbonyl (C=O) groups is 1. The first-order valence-electron chi connectivity index (χ1n) is 11.1. The number of carbonyl (C=O) groups excluding carboxylic acids is 1. The minimum absolute atomic E-state index is 0.180. The summed E-state index contributed by atoms with van der Waals surface area (Å²) in [6, 6.07) is 25.3. The van der Waals surface area contributed by atoms with Crippen molar-refractivity contribution in [1.29, 1.82) is 0 Å². The molecule has 5 nitrogen and oxygen atoms in total. The molecule has 0 radical (unpaired) electrons. The first-order valence-corrected chi connectivity index (χ1v) is 11.5. The Morgan fingerprint density at radius 3 is 2.51 bits per heavy atom. The molecule has 0 saturated heterocycles. The van der Waals surface area contributed by atoms with Gasteiger partial charge in [-0.3, -0.25) is 0 Å². The molecule has 0 amide bonds. The molecule has 0 unspecified atom stereocenters. The van der Waals surface area contributed by atoms with E-state index in [9.17, 15) is 4.79 Å². The van der Waals surface area contributed by atoms with Gasteiger partial charge >= 0.3 is 5.97 Å². The van der Waals surface area contributed by atoms with Crippen LogP contribution >= 0.6 is 11.6 Å². The predicted molar refractivity (Wildman–Crippen MR) is 138 cm³/mol. The molecular weight excluding hydrogens is 462 g/mol. The van der Waals surface area contributed by atoms with Gasteiger partial charge in [0.25, 0.3) is 0 Å². The molecule has 0 N–H and O–H groups in total. The van der Waals surface area contributed by atoms with Gasteiger partial charge in [-0.25, -0.2) is 9.79 Å². The molecule has 0 aromatic heterocycles. The monoisotopic (exact) mass is 483 g/mol. The van der Waals surface area contributed by atoms with E-state index in [2.05, 4.69) is 4.99 Å². The normalized spacial score (nSPS) is 14.2. The Labute approximate surface area is 208 Å². The van der Waals surface area contributed by atoms with Crippen molar-refractivity contribution < 1.29 is 19.0 Å². The standard InChI is InChI=1S/C29H22ClNO4/c1-18-7-9-19(10-8-18)17-34-27-24(30)13-20(15-26(27)33-2)14-25-29(32)35-28(31-25)23-12-11-21-5-3-4-6-22(21)16-23/h3-16H,17H2,1-2H3/b25-14-. The fourth-order valence-corrected chi connectivity index (χ4v) is 4.09. The maximum Gasteiger partial charge on any atom is 0.363 e. The molecule has 1 aliphatic heterocycles. The van der Waals surface area contributed by atoms with E-state index in [0.29, 0.717) is 28.7 Å². The highest BCUT2D eigenvalue weighted by molar-refractivity contribution is 6.32. The number of ether oxygens (including phenoxy) is 3. The van der Waals surface area contributed by atoms with Gasteiger partial charge in [0.15, 0.2) is 17.2 Å². The van der Waals surface area contributed by atoms with Crippen molar-refractivity contribution in [3.05, 3.63) is 112 Å². The number of methoxy groups -OCH3 is 1. The molecule has 0 bridgehead atoms. The number of aliphatic imine (C=N–C) groups is 1. The highest BCUT2D eigenvalue weighted by Gasteiger charge is 2.25. The molecule has 0 atom stereocenters. The number of halogens is 1. The van der Waals surface area contributed by atoms with Crippen molar-refractivity contribution in [3.63, 3.8) is 0 Å². The number of esters is 1. The summed E-state index contributed by atoms with van der Waals surface area (Å²) in [5, 5.41) is 2.51. The van der Waals surface area contributed by atoms with Crippen molar-refractivity contribution >= 4 is 40.3 Å². The van der Waals surface area contributed by atoms with Crippen LogP contribution in [0.25, 0.3) is 16.8 Å². The van der Waals surface area contributed by atoms with Crippen molar-refractivity contribution in [1.82, 2.24) is 0 Å². The van der Waals surface area contributed by atoms with E-state index in [1.807, 2.05) is 73.7 Å². The Hall–Kier alpha value is -4.09. The predicted octanol–water partition coefficient (Wildman–Crippen LogP) is 6.73. The van der Waals surface area contributed by atoms with Gasteiger partial charge in [-0.2, -0.15) is 0 Å². The molecule has 0 saturated carbocycles. The number of hydrogen-bond donors (Lipinski definition) is 0. The average Bonchev–Trinajstić information content (AvgIpc) is 3.23. The molecular formula is C29H22ClNO4. The summed E-state index contributed by atoms with van der Waals surface area (Å²) in [5.74, 6) is 0.638. The smallest absolute Gasteiger partial charge is 0.363 e. The Morgan fingerprint density at radius 2 is 1.74 bits per heavy atom. The maximum atomic E-state index is 12.5. The summed E-state index contributed by atoms with van der Waals surface area (Å²) in [6.07, 6.45) is 1.62. The van der Waals surface area contributed by atoms with Crippen molar-refractivity contribution in [2.75, 3.05) is 7.11 Å². The third kappa shape index (κ3) is 4.91. The van der Waals surface area contributed by atoms with Crippen LogP contribution in [-0.4, -0.2) is 19.0 Å².